The van der Waals surface area contributed by atoms with Gasteiger partial charge in [-0.05, 0) is 77.8 Å². The van der Waals surface area contributed by atoms with E-state index in [1.54, 1.807) is 0 Å². The molecule has 0 heterocycles. The minimum atomic E-state index is -0.496. The Bertz CT molecular complexity index is 1610. The Morgan fingerprint density at radius 3 is 1.36 bits per heavy atom. The highest BCUT2D eigenvalue weighted by molar-refractivity contribution is 5.62. The fourth-order valence-electron chi connectivity index (χ4n) is 6.72. The van der Waals surface area contributed by atoms with E-state index in [1.165, 1.54) is 27.8 Å². The molecule has 7 nitrogen and oxygen atoms in total. The monoisotopic (exact) mass is 718 g/mol. The molecule has 0 amide bonds. The van der Waals surface area contributed by atoms with Crippen LogP contribution in [-0.4, -0.2) is 77.8 Å². The van der Waals surface area contributed by atoms with Gasteiger partial charge in [-0.25, -0.2) is 0 Å². The van der Waals surface area contributed by atoms with E-state index in [0.717, 1.165) is 35.5 Å². The van der Waals surface area contributed by atoms with Crippen LogP contribution in [-0.2, 0) is 30.8 Å². The molecular weight excluding hydrogens is 664 g/mol. The fourth-order valence-corrected chi connectivity index (χ4v) is 6.72. The van der Waals surface area contributed by atoms with Crippen LogP contribution in [0.5, 0.6) is 11.5 Å². The Kier molecular flexibility index (Phi) is 16.4. The lowest BCUT2D eigenvalue weighted by molar-refractivity contribution is -0.00563. The Labute approximate surface area is 315 Å². The molecule has 280 valence electrons. The number of aryl methyl sites for hydroxylation is 3. The van der Waals surface area contributed by atoms with Gasteiger partial charge in [0.1, 0.15) is 24.7 Å². The normalized spacial score (nSPS) is 11.5. The van der Waals surface area contributed by atoms with Crippen molar-refractivity contribution in [3.05, 3.63) is 166 Å². The summed E-state index contributed by atoms with van der Waals surface area (Å²) in [6.45, 7) is 9.34. The molecule has 5 rings (SSSR count). The Morgan fingerprint density at radius 2 is 0.887 bits per heavy atom. The second kappa shape index (κ2) is 21.9. The van der Waals surface area contributed by atoms with E-state index in [-0.39, 0.29) is 6.61 Å². The zero-order valence-electron chi connectivity index (χ0n) is 31.2. The smallest absolute Gasteiger partial charge is 0.125 e. The summed E-state index contributed by atoms with van der Waals surface area (Å²) < 4.78 is 34.2. The van der Waals surface area contributed by atoms with Crippen molar-refractivity contribution >= 4 is 0 Å². The second-order valence-electron chi connectivity index (χ2n) is 12.9. The van der Waals surface area contributed by atoms with E-state index in [4.69, 9.17) is 33.5 Å². The first kappa shape index (κ1) is 39.7. The van der Waals surface area contributed by atoms with Crippen LogP contribution in [0.1, 0.15) is 45.4 Å². The standard InChI is InChI=1S/C46H54O7/c1-37-35-43(46(40-14-6-3-7-15-40,41-16-8-4-9-17-41)42-18-10-5-11-19-42)36-38(2)45(37)53-34-33-52-44-22-20-39(21-23-44)13-12-25-48-27-29-50-31-32-51-30-28-49-26-24-47/h3-11,14-23,35-36,47H,12-13,24-34H2,1-2H3. The maximum Gasteiger partial charge on any atom is 0.125 e. The van der Waals surface area contributed by atoms with Gasteiger partial charge < -0.3 is 33.5 Å². The Hall–Kier alpha value is -4.50. The van der Waals surface area contributed by atoms with Gasteiger partial charge in [0.15, 0.2) is 0 Å². The van der Waals surface area contributed by atoms with Crippen molar-refractivity contribution in [1.29, 1.82) is 0 Å². The maximum atomic E-state index is 8.66. The molecule has 0 aromatic heterocycles. The highest BCUT2D eigenvalue weighted by atomic mass is 16.6. The third-order valence-electron chi connectivity index (χ3n) is 9.14. The first-order chi connectivity index (χ1) is 26.1. The van der Waals surface area contributed by atoms with Crippen molar-refractivity contribution in [2.24, 2.45) is 0 Å². The summed E-state index contributed by atoms with van der Waals surface area (Å²) in [4.78, 5) is 0. The summed E-state index contributed by atoms with van der Waals surface area (Å²) in [5, 5.41) is 8.66. The molecule has 0 spiro atoms. The molecule has 1 N–H and O–H groups in total. The van der Waals surface area contributed by atoms with Crippen molar-refractivity contribution in [3.63, 3.8) is 0 Å². The van der Waals surface area contributed by atoms with Crippen LogP contribution in [0.15, 0.2) is 127 Å². The van der Waals surface area contributed by atoms with E-state index >= 15 is 0 Å². The summed E-state index contributed by atoms with van der Waals surface area (Å²) >= 11 is 0. The first-order valence-electron chi connectivity index (χ1n) is 18.7. The summed E-state index contributed by atoms with van der Waals surface area (Å²) in [6.07, 6.45) is 1.87. The highest BCUT2D eigenvalue weighted by Crippen LogP contribution is 2.46. The topological polar surface area (TPSA) is 75.6 Å². The number of aliphatic hydroxyl groups is 1. The molecule has 5 aromatic rings. The summed E-state index contributed by atoms with van der Waals surface area (Å²) in [5.41, 5.74) is 7.80. The van der Waals surface area contributed by atoms with E-state index in [9.17, 15) is 0 Å². The number of aliphatic hydroxyl groups excluding tert-OH is 1. The summed E-state index contributed by atoms with van der Waals surface area (Å²) in [7, 11) is 0. The maximum absolute atomic E-state index is 8.66. The van der Waals surface area contributed by atoms with E-state index in [1.807, 2.05) is 12.1 Å². The molecule has 0 atom stereocenters. The lowest BCUT2D eigenvalue weighted by atomic mass is 9.64. The van der Waals surface area contributed by atoms with Crippen LogP contribution in [0.2, 0.25) is 0 Å². The molecule has 0 aliphatic rings. The minimum Gasteiger partial charge on any atom is -0.490 e. The zero-order valence-corrected chi connectivity index (χ0v) is 31.2. The molecule has 0 saturated heterocycles. The number of ether oxygens (including phenoxy) is 6. The molecule has 0 aliphatic carbocycles. The second-order valence-corrected chi connectivity index (χ2v) is 12.9. The van der Waals surface area contributed by atoms with Gasteiger partial charge in [0.25, 0.3) is 0 Å². The quantitative estimate of drug-likeness (QED) is 0.0510. The van der Waals surface area contributed by atoms with Crippen LogP contribution in [0, 0.1) is 13.8 Å². The molecule has 0 aliphatic heterocycles. The Balaban J connectivity index is 1.08. The summed E-state index contributed by atoms with van der Waals surface area (Å²) in [5.74, 6) is 1.73. The van der Waals surface area contributed by atoms with Crippen molar-refractivity contribution < 1.29 is 33.5 Å². The molecule has 7 heteroatoms. The average Bonchev–Trinajstić information content (AvgIpc) is 3.19. The minimum absolute atomic E-state index is 0.0300. The van der Waals surface area contributed by atoms with Gasteiger partial charge in [-0.3, -0.25) is 0 Å². The van der Waals surface area contributed by atoms with Crippen LogP contribution >= 0.6 is 0 Å². The molecular formula is C46H54O7. The lowest BCUT2D eigenvalue weighted by Gasteiger charge is -2.37. The number of hydrogen-bond donors (Lipinski definition) is 1. The van der Waals surface area contributed by atoms with E-state index in [2.05, 4.69) is 129 Å². The molecule has 0 radical (unpaired) electrons. The molecule has 5 aromatic carbocycles. The number of benzene rings is 5. The first-order valence-corrected chi connectivity index (χ1v) is 18.7. The van der Waals surface area contributed by atoms with E-state index in [0.29, 0.717) is 66.1 Å². The summed E-state index contributed by atoms with van der Waals surface area (Å²) in [6, 6.07) is 45.2. The third-order valence-corrected chi connectivity index (χ3v) is 9.14. The largest absolute Gasteiger partial charge is 0.490 e. The number of hydrogen-bond acceptors (Lipinski definition) is 7. The van der Waals surface area contributed by atoms with Crippen LogP contribution in [0.4, 0.5) is 0 Å². The predicted octanol–water partition coefficient (Wildman–Crippen LogP) is 8.14. The number of rotatable bonds is 24. The molecule has 0 unspecified atom stereocenters. The van der Waals surface area contributed by atoms with Crippen LogP contribution in [0.3, 0.4) is 0 Å². The van der Waals surface area contributed by atoms with Gasteiger partial charge in [-0.1, -0.05) is 115 Å². The predicted molar refractivity (Wildman–Crippen MR) is 210 cm³/mol. The molecule has 0 bridgehead atoms. The van der Waals surface area contributed by atoms with Crippen LogP contribution < -0.4 is 9.47 Å². The van der Waals surface area contributed by atoms with Crippen molar-refractivity contribution in [1.82, 2.24) is 0 Å². The van der Waals surface area contributed by atoms with Crippen molar-refractivity contribution in [2.45, 2.75) is 32.1 Å². The van der Waals surface area contributed by atoms with Crippen LogP contribution in [0.25, 0.3) is 0 Å². The third kappa shape index (κ3) is 11.5. The van der Waals surface area contributed by atoms with Gasteiger partial charge in [-0.15, -0.1) is 0 Å². The fraction of sp³-hybridized carbons (Fsp3) is 0.348. The molecule has 53 heavy (non-hydrogen) atoms. The SMILES string of the molecule is Cc1cc(C(c2ccccc2)(c2ccccc2)c2ccccc2)cc(C)c1OCCOc1ccc(CCCOCCOCCOCCOCCO)cc1. The van der Waals surface area contributed by atoms with Gasteiger partial charge in [0, 0.05) is 6.61 Å². The van der Waals surface area contributed by atoms with Crippen molar-refractivity contribution in [2.75, 3.05) is 72.7 Å². The molecule has 0 saturated carbocycles. The van der Waals surface area contributed by atoms with Gasteiger partial charge in [0.05, 0.1) is 58.3 Å². The zero-order chi connectivity index (χ0) is 37.0. The highest BCUT2D eigenvalue weighted by Gasteiger charge is 2.38. The van der Waals surface area contributed by atoms with Gasteiger partial charge in [-0.2, -0.15) is 0 Å². The van der Waals surface area contributed by atoms with Crippen molar-refractivity contribution in [3.8, 4) is 11.5 Å². The Morgan fingerprint density at radius 1 is 0.453 bits per heavy atom. The van der Waals surface area contributed by atoms with Gasteiger partial charge in [0.2, 0.25) is 0 Å². The lowest BCUT2D eigenvalue weighted by Crippen LogP contribution is -2.31. The van der Waals surface area contributed by atoms with E-state index < -0.39 is 5.41 Å². The van der Waals surface area contributed by atoms with Gasteiger partial charge >= 0.3 is 0 Å². The molecule has 0 fully saturated rings. The average molecular weight is 719 g/mol.